The standard InChI is InChI=1S/C27H33O6P/c1-20-23(16-17-27(4,5)24(20)25-29-18-26(2,3)19-30-25)33-34(28,31-21-12-8-6-9-13-21)32-22-14-10-7-11-15-22/h6-16,25H,17-19H2,1-5H3. The molecule has 1 aliphatic carbocycles. The summed E-state index contributed by atoms with van der Waals surface area (Å²) in [6.07, 6.45) is 2.11. The fraction of sp³-hybridized carbons (Fsp3) is 0.407. The van der Waals surface area contributed by atoms with Crippen molar-refractivity contribution in [3.05, 3.63) is 83.6 Å². The average molecular weight is 485 g/mol. The summed E-state index contributed by atoms with van der Waals surface area (Å²) in [6.45, 7) is 11.6. The molecular formula is C27H33O6P. The topological polar surface area (TPSA) is 63.2 Å². The van der Waals surface area contributed by atoms with Gasteiger partial charge in [0.2, 0.25) is 0 Å². The number of rotatable bonds is 7. The molecule has 1 saturated heterocycles. The zero-order chi connectivity index (χ0) is 24.4. The minimum atomic E-state index is -4.08. The van der Waals surface area contributed by atoms with Crippen molar-refractivity contribution in [2.75, 3.05) is 13.2 Å². The van der Waals surface area contributed by atoms with Crippen molar-refractivity contribution in [2.45, 2.75) is 47.3 Å². The highest BCUT2D eigenvalue weighted by Gasteiger charge is 2.42. The van der Waals surface area contributed by atoms with Crippen molar-refractivity contribution >= 4 is 7.82 Å². The SMILES string of the molecule is CC1=C(C2OCC(C)(C)CO2)C(C)(C)CC=C1OP(=O)(Oc1ccccc1)Oc1ccccc1. The van der Waals surface area contributed by atoms with Crippen molar-refractivity contribution in [3.8, 4) is 11.5 Å². The van der Waals surface area contributed by atoms with Gasteiger partial charge in [0.15, 0.2) is 6.29 Å². The van der Waals surface area contributed by atoms with E-state index in [2.05, 4.69) is 27.7 Å². The van der Waals surface area contributed by atoms with Gasteiger partial charge in [-0.25, -0.2) is 0 Å². The van der Waals surface area contributed by atoms with Crippen LogP contribution >= 0.6 is 7.82 Å². The van der Waals surface area contributed by atoms with Crippen LogP contribution in [0.2, 0.25) is 0 Å². The van der Waals surface area contributed by atoms with E-state index < -0.39 is 14.1 Å². The lowest BCUT2D eigenvalue weighted by molar-refractivity contribution is -0.208. The number of para-hydroxylation sites is 2. The Balaban J connectivity index is 1.64. The Hall–Kier alpha value is -2.53. The number of allylic oxidation sites excluding steroid dienone is 2. The molecule has 0 bridgehead atoms. The summed E-state index contributed by atoms with van der Waals surface area (Å²) in [5.41, 5.74) is 1.54. The second-order valence-corrected chi connectivity index (χ2v) is 11.6. The lowest BCUT2D eigenvalue weighted by atomic mass is 9.74. The van der Waals surface area contributed by atoms with Gasteiger partial charge in [0, 0.05) is 5.41 Å². The smallest absolute Gasteiger partial charge is 0.386 e. The quantitative estimate of drug-likeness (QED) is 0.384. The van der Waals surface area contributed by atoms with E-state index in [4.69, 9.17) is 23.0 Å². The van der Waals surface area contributed by atoms with Gasteiger partial charge in [-0.15, -0.1) is 0 Å². The third-order valence-electron chi connectivity index (χ3n) is 5.92. The van der Waals surface area contributed by atoms with Crippen molar-refractivity contribution < 1.29 is 27.6 Å². The predicted molar refractivity (Wildman–Crippen MR) is 131 cm³/mol. The lowest BCUT2D eigenvalue weighted by Crippen LogP contribution is -2.42. The molecular weight excluding hydrogens is 451 g/mol. The summed E-state index contributed by atoms with van der Waals surface area (Å²) in [5.74, 6) is 1.23. The van der Waals surface area contributed by atoms with Crippen LogP contribution in [0.1, 0.15) is 41.0 Å². The molecule has 1 heterocycles. The van der Waals surface area contributed by atoms with Crippen LogP contribution in [-0.2, 0) is 18.6 Å². The first kappa shape index (κ1) is 24.6. The summed E-state index contributed by atoms with van der Waals surface area (Å²) in [4.78, 5) is 0. The monoisotopic (exact) mass is 484 g/mol. The van der Waals surface area contributed by atoms with Gasteiger partial charge in [0.05, 0.1) is 13.2 Å². The van der Waals surface area contributed by atoms with E-state index in [-0.39, 0.29) is 10.8 Å². The van der Waals surface area contributed by atoms with Gasteiger partial charge in [0.25, 0.3) is 0 Å². The molecule has 0 atom stereocenters. The van der Waals surface area contributed by atoms with Crippen LogP contribution in [0.15, 0.2) is 83.6 Å². The summed E-state index contributed by atoms with van der Waals surface area (Å²) in [7, 11) is -4.08. The molecule has 0 unspecified atom stereocenters. The molecule has 6 nitrogen and oxygen atoms in total. The molecule has 34 heavy (non-hydrogen) atoms. The molecule has 0 radical (unpaired) electrons. The zero-order valence-corrected chi connectivity index (χ0v) is 21.3. The molecule has 0 aromatic heterocycles. The van der Waals surface area contributed by atoms with Crippen LogP contribution in [0.5, 0.6) is 11.5 Å². The molecule has 1 aliphatic heterocycles. The van der Waals surface area contributed by atoms with Crippen LogP contribution in [0.25, 0.3) is 0 Å². The first-order chi connectivity index (χ1) is 16.1. The summed E-state index contributed by atoms with van der Waals surface area (Å²) < 4.78 is 43.8. The molecule has 2 aromatic carbocycles. The molecule has 0 saturated carbocycles. The Morgan fingerprint density at radius 2 is 1.32 bits per heavy atom. The van der Waals surface area contributed by atoms with Gasteiger partial charge in [-0.1, -0.05) is 64.1 Å². The lowest BCUT2D eigenvalue weighted by Gasteiger charge is -2.42. The molecule has 4 rings (SSSR count). The van der Waals surface area contributed by atoms with Crippen LogP contribution in [0.4, 0.5) is 0 Å². The number of phosphoric ester groups is 1. The second kappa shape index (κ2) is 9.61. The Bertz CT molecular complexity index is 1050. The van der Waals surface area contributed by atoms with E-state index >= 15 is 0 Å². The van der Waals surface area contributed by atoms with Crippen LogP contribution in [0, 0.1) is 10.8 Å². The highest BCUT2D eigenvalue weighted by Crippen LogP contribution is 2.54. The molecule has 182 valence electrons. The summed E-state index contributed by atoms with van der Waals surface area (Å²) >= 11 is 0. The van der Waals surface area contributed by atoms with E-state index in [1.807, 2.05) is 25.1 Å². The van der Waals surface area contributed by atoms with Crippen molar-refractivity contribution in [1.29, 1.82) is 0 Å². The minimum absolute atomic E-state index is 0.0400. The fourth-order valence-corrected chi connectivity index (χ4v) is 5.43. The number of ether oxygens (including phenoxy) is 2. The normalized spacial score (nSPS) is 20.4. The maximum Gasteiger partial charge on any atom is 0.647 e. The van der Waals surface area contributed by atoms with Crippen molar-refractivity contribution in [2.24, 2.45) is 10.8 Å². The maximum absolute atomic E-state index is 13.9. The first-order valence-corrected chi connectivity index (χ1v) is 13.0. The first-order valence-electron chi connectivity index (χ1n) is 11.5. The zero-order valence-electron chi connectivity index (χ0n) is 20.4. The van der Waals surface area contributed by atoms with Gasteiger partial charge in [-0.3, -0.25) is 0 Å². The van der Waals surface area contributed by atoms with Gasteiger partial charge >= 0.3 is 7.82 Å². The molecule has 0 spiro atoms. The minimum Gasteiger partial charge on any atom is -0.386 e. The molecule has 7 heteroatoms. The van der Waals surface area contributed by atoms with E-state index in [1.165, 1.54) is 0 Å². The van der Waals surface area contributed by atoms with Crippen LogP contribution in [0.3, 0.4) is 0 Å². The number of phosphoric acid groups is 1. The third kappa shape index (κ3) is 5.75. The molecule has 1 fully saturated rings. The van der Waals surface area contributed by atoms with E-state index in [0.29, 0.717) is 36.9 Å². The van der Waals surface area contributed by atoms with E-state index in [9.17, 15) is 4.57 Å². The average Bonchev–Trinajstić information content (AvgIpc) is 2.78. The Morgan fingerprint density at radius 3 is 1.82 bits per heavy atom. The fourth-order valence-electron chi connectivity index (χ4n) is 4.11. The molecule has 0 N–H and O–H groups in total. The Morgan fingerprint density at radius 1 is 0.824 bits per heavy atom. The predicted octanol–water partition coefficient (Wildman–Crippen LogP) is 7.30. The molecule has 0 amide bonds. The highest BCUT2D eigenvalue weighted by atomic mass is 31.2. The number of hydrogen-bond donors (Lipinski definition) is 0. The van der Waals surface area contributed by atoms with Crippen molar-refractivity contribution in [3.63, 3.8) is 0 Å². The maximum atomic E-state index is 13.9. The summed E-state index contributed by atoms with van der Waals surface area (Å²) in [5, 5.41) is 0. The summed E-state index contributed by atoms with van der Waals surface area (Å²) in [6, 6.07) is 17.7. The second-order valence-electron chi connectivity index (χ2n) is 10.2. The van der Waals surface area contributed by atoms with Gasteiger partial charge in [-0.2, -0.15) is 4.57 Å². The Labute approximate surface area is 202 Å². The van der Waals surface area contributed by atoms with Gasteiger partial charge in [0.1, 0.15) is 17.3 Å². The van der Waals surface area contributed by atoms with Gasteiger partial charge < -0.3 is 23.0 Å². The van der Waals surface area contributed by atoms with Gasteiger partial charge in [-0.05, 0) is 60.2 Å². The number of benzene rings is 2. The van der Waals surface area contributed by atoms with Crippen molar-refractivity contribution in [1.82, 2.24) is 0 Å². The highest BCUT2D eigenvalue weighted by molar-refractivity contribution is 7.49. The Kier molecular flexibility index (Phi) is 6.95. The number of hydrogen-bond acceptors (Lipinski definition) is 6. The molecule has 2 aromatic rings. The van der Waals surface area contributed by atoms with E-state index in [0.717, 1.165) is 11.1 Å². The molecule has 2 aliphatic rings. The largest absolute Gasteiger partial charge is 0.647 e. The third-order valence-corrected chi connectivity index (χ3v) is 7.21. The van der Waals surface area contributed by atoms with Crippen LogP contribution in [-0.4, -0.2) is 19.5 Å². The van der Waals surface area contributed by atoms with E-state index in [1.54, 1.807) is 48.5 Å². The van der Waals surface area contributed by atoms with Crippen LogP contribution < -0.4 is 9.05 Å².